The fourth-order valence-electron chi connectivity index (χ4n) is 2.34. The zero-order valence-corrected chi connectivity index (χ0v) is 12.4. The number of nitrogens with zero attached hydrogens (tertiary/aromatic N) is 3. The monoisotopic (exact) mass is 281 g/mol. The standard InChI is InChI=1S/C14H20ClN3O/c1-4-13-11(7-10(3)16-17-13)14(19)18-6-5-9(2)12(15)8-18/h7,9,12H,4-6,8H2,1-3H3. The predicted molar refractivity (Wildman–Crippen MR) is 75.5 cm³/mol. The predicted octanol–water partition coefficient (Wildman–Crippen LogP) is 2.44. The summed E-state index contributed by atoms with van der Waals surface area (Å²) in [6, 6.07) is 1.83. The number of carbonyl (C=O) groups excluding carboxylic acids is 1. The number of hydrogen-bond acceptors (Lipinski definition) is 3. The average molecular weight is 282 g/mol. The van der Waals surface area contributed by atoms with Crippen molar-refractivity contribution >= 4 is 17.5 Å². The van der Waals surface area contributed by atoms with Crippen LogP contribution in [0.25, 0.3) is 0 Å². The van der Waals surface area contributed by atoms with Gasteiger partial charge in [-0.1, -0.05) is 13.8 Å². The Morgan fingerprint density at radius 1 is 1.53 bits per heavy atom. The Labute approximate surface area is 119 Å². The van der Waals surface area contributed by atoms with E-state index in [4.69, 9.17) is 11.6 Å². The van der Waals surface area contributed by atoms with Gasteiger partial charge in [0.2, 0.25) is 0 Å². The highest BCUT2D eigenvalue weighted by Gasteiger charge is 2.29. The van der Waals surface area contributed by atoms with Crippen molar-refractivity contribution in [3.63, 3.8) is 0 Å². The van der Waals surface area contributed by atoms with Crippen molar-refractivity contribution in [1.29, 1.82) is 0 Å². The number of aromatic nitrogens is 2. The molecule has 0 N–H and O–H groups in total. The molecule has 0 aromatic carbocycles. The Morgan fingerprint density at radius 2 is 2.26 bits per heavy atom. The number of hydrogen-bond donors (Lipinski definition) is 0. The number of aryl methyl sites for hydroxylation is 2. The fraction of sp³-hybridized carbons (Fsp3) is 0.643. The summed E-state index contributed by atoms with van der Waals surface area (Å²) in [6.45, 7) is 7.36. The molecule has 0 bridgehead atoms. The van der Waals surface area contributed by atoms with E-state index in [0.29, 0.717) is 24.4 Å². The summed E-state index contributed by atoms with van der Waals surface area (Å²) in [6.07, 6.45) is 1.67. The van der Waals surface area contributed by atoms with Gasteiger partial charge < -0.3 is 4.90 Å². The van der Waals surface area contributed by atoms with Crippen LogP contribution in [0.15, 0.2) is 6.07 Å². The van der Waals surface area contributed by atoms with Crippen LogP contribution in [0.3, 0.4) is 0 Å². The topological polar surface area (TPSA) is 46.1 Å². The van der Waals surface area contributed by atoms with Crippen LogP contribution < -0.4 is 0 Å². The summed E-state index contributed by atoms with van der Waals surface area (Å²) in [7, 11) is 0. The quantitative estimate of drug-likeness (QED) is 0.782. The minimum absolute atomic E-state index is 0.0346. The number of carbonyl (C=O) groups is 1. The maximum atomic E-state index is 12.6. The summed E-state index contributed by atoms with van der Waals surface area (Å²) < 4.78 is 0. The summed E-state index contributed by atoms with van der Waals surface area (Å²) >= 11 is 6.28. The van der Waals surface area contributed by atoms with Gasteiger partial charge >= 0.3 is 0 Å². The molecule has 0 aliphatic carbocycles. The first-order valence-corrected chi connectivity index (χ1v) is 7.23. The van der Waals surface area contributed by atoms with Crippen molar-refractivity contribution in [3.8, 4) is 0 Å². The molecule has 1 amide bonds. The number of halogens is 1. The van der Waals surface area contributed by atoms with Crippen molar-refractivity contribution < 1.29 is 4.79 Å². The summed E-state index contributed by atoms with van der Waals surface area (Å²) in [5.74, 6) is 0.501. The van der Waals surface area contributed by atoms with Crippen molar-refractivity contribution in [1.82, 2.24) is 15.1 Å². The van der Waals surface area contributed by atoms with Gasteiger partial charge in [0, 0.05) is 13.1 Å². The number of likely N-dealkylation sites (tertiary alicyclic amines) is 1. The third-order valence-electron chi connectivity index (χ3n) is 3.71. The van der Waals surface area contributed by atoms with Crippen LogP contribution in [0.1, 0.15) is 42.0 Å². The second-order valence-electron chi connectivity index (χ2n) is 5.23. The molecule has 2 rings (SSSR count). The largest absolute Gasteiger partial charge is 0.337 e. The van der Waals surface area contributed by atoms with Crippen LogP contribution in [0.4, 0.5) is 0 Å². The molecular weight excluding hydrogens is 262 g/mol. The molecule has 0 radical (unpaired) electrons. The van der Waals surface area contributed by atoms with Crippen molar-refractivity contribution in [2.75, 3.05) is 13.1 Å². The van der Waals surface area contributed by atoms with E-state index in [1.165, 1.54) is 0 Å². The minimum atomic E-state index is 0.0346. The number of alkyl halides is 1. The van der Waals surface area contributed by atoms with Gasteiger partial charge in [-0.15, -0.1) is 11.6 Å². The Balaban J connectivity index is 2.22. The van der Waals surface area contributed by atoms with Gasteiger partial charge in [0.05, 0.1) is 22.3 Å². The first-order valence-electron chi connectivity index (χ1n) is 6.79. The lowest BCUT2D eigenvalue weighted by Crippen LogP contribution is -2.44. The Morgan fingerprint density at radius 3 is 2.89 bits per heavy atom. The van der Waals surface area contributed by atoms with Gasteiger partial charge in [0.1, 0.15) is 0 Å². The smallest absolute Gasteiger partial charge is 0.255 e. The molecule has 2 unspecified atom stereocenters. The highest BCUT2D eigenvalue weighted by molar-refractivity contribution is 6.21. The van der Waals surface area contributed by atoms with E-state index >= 15 is 0 Å². The van der Waals surface area contributed by atoms with Gasteiger partial charge in [-0.25, -0.2) is 0 Å². The molecule has 19 heavy (non-hydrogen) atoms. The first kappa shape index (κ1) is 14.3. The van der Waals surface area contributed by atoms with Crippen LogP contribution in [-0.4, -0.2) is 39.5 Å². The molecule has 4 nitrogen and oxygen atoms in total. The highest BCUT2D eigenvalue weighted by atomic mass is 35.5. The van der Waals surface area contributed by atoms with Crippen LogP contribution in [0.2, 0.25) is 0 Å². The molecule has 104 valence electrons. The molecule has 2 atom stereocenters. The third kappa shape index (κ3) is 3.06. The van der Waals surface area contributed by atoms with Gasteiger partial charge in [0.25, 0.3) is 5.91 Å². The molecule has 1 aliphatic heterocycles. The molecule has 2 heterocycles. The van der Waals surface area contributed by atoms with Crippen LogP contribution >= 0.6 is 11.6 Å². The highest BCUT2D eigenvalue weighted by Crippen LogP contribution is 2.23. The van der Waals surface area contributed by atoms with Gasteiger partial charge in [-0.3, -0.25) is 4.79 Å². The zero-order chi connectivity index (χ0) is 14.0. The summed E-state index contributed by atoms with van der Waals surface area (Å²) in [5, 5.41) is 8.17. The number of amides is 1. The number of rotatable bonds is 2. The van der Waals surface area contributed by atoms with Crippen molar-refractivity contribution in [2.24, 2.45) is 5.92 Å². The SMILES string of the molecule is CCc1nnc(C)cc1C(=O)N1CCC(C)C(Cl)C1. The van der Waals surface area contributed by atoms with E-state index in [0.717, 1.165) is 24.4 Å². The van der Waals surface area contributed by atoms with E-state index in [2.05, 4.69) is 17.1 Å². The second kappa shape index (κ2) is 5.87. The van der Waals surface area contributed by atoms with Crippen LogP contribution in [0, 0.1) is 12.8 Å². The Bertz CT molecular complexity index is 478. The van der Waals surface area contributed by atoms with Crippen molar-refractivity contribution in [3.05, 3.63) is 23.0 Å². The van der Waals surface area contributed by atoms with E-state index < -0.39 is 0 Å². The molecule has 0 saturated carbocycles. The molecular formula is C14H20ClN3O. The maximum Gasteiger partial charge on any atom is 0.255 e. The lowest BCUT2D eigenvalue weighted by molar-refractivity contribution is 0.0699. The maximum absolute atomic E-state index is 12.6. The lowest BCUT2D eigenvalue weighted by Gasteiger charge is -2.34. The number of piperidine rings is 1. The van der Waals surface area contributed by atoms with Crippen LogP contribution in [0.5, 0.6) is 0 Å². The minimum Gasteiger partial charge on any atom is -0.337 e. The molecule has 1 saturated heterocycles. The van der Waals surface area contributed by atoms with Gasteiger partial charge in [-0.2, -0.15) is 10.2 Å². The summed E-state index contributed by atoms with van der Waals surface area (Å²) in [5.41, 5.74) is 2.21. The van der Waals surface area contributed by atoms with E-state index in [1.54, 1.807) is 0 Å². The van der Waals surface area contributed by atoms with Gasteiger partial charge in [0.15, 0.2) is 0 Å². The lowest BCUT2D eigenvalue weighted by atomic mass is 9.97. The normalized spacial score (nSPS) is 23.5. The average Bonchev–Trinajstić information content (AvgIpc) is 2.41. The fourth-order valence-corrected chi connectivity index (χ4v) is 2.63. The molecule has 1 aromatic heterocycles. The van der Waals surface area contributed by atoms with E-state index in [9.17, 15) is 4.79 Å². The van der Waals surface area contributed by atoms with Crippen molar-refractivity contribution in [2.45, 2.75) is 39.0 Å². The van der Waals surface area contributed by atoms with Crippen LogP contribution in [-0.2, 0) is 6.42 Å². The Hall–Kier alpha value is -1.16. The molecule has 1 fully saturated rings. The molecule has 5 heteroatoms. The van der Waals surface area contributed by atoms with Gasteiger partial charge in [-0.05, 0) is 31.7 Å². The third-order valence-corrected chi connectivity index (χ3v) is 4.28. The molecule has 1 aliphatic rings. The zero-order valence-electron chi connectivity index (χ0n) is 11.7. The molecule has 1 aromatic rings. The first-order chi connectivity index (χ1) is 9.02. The Kier molecular flexibility index (Phi) is 4.40. The van der Waals surface area contributed by atoms with E-state index in [-0.39, 0.29) is 11.3 Å². The van der Waals surface area contributed by atoms with E-state index in [1.807, 2.05) is 24.8 Å². The molecule has 0 spiro atoms. The summed E-state index contributed by atoms with van der Waals surface area (Å²) in [4.78, 5) is 14.4. The second-order valence-corrected chi connectivity index (χ2v) is 5.79.